The summed E-state index contributed by atoms with van der Waals surface area (Å²) in [5.74, 6) is 1.75. The molecule has 0 aliphatic carbocycles. The Morgan fingerprint density at radius 2 is 1.93 bits per heavy atom. The van der Waals surface area contributed by atoms with E-state index in [-0.39, 0.29) is 6.04 Å². The molecule has 1 aromatic carbocycles. The van der Waals surface area contributed by atoms with E-state index in [0.717, 1.165) is 18.4 Å². The fourth-order valence-electron chi connectivity index (χ4n) is 4.19. The molecule has 1 atom stereocenters. The minimum Gasteiger partial charge on any atom is -0.372 e. The van der Waals surface area contributed by atoms with Gasteiger partial charge in [0, 0.05) is 32.4 Å². The van der Waals surface area contributed by atoms with Gasteiger partial charge in [-0.2, -0.15) is 0 Å². The zero-order chi connectivity index (χ0) is 19.1. The van der Waals surface area contributed by atoms with Crippen molar-refractivity contribution in [1.29, 1.82) is 0 Å². The number of nitrogens with one attached hydrogen (secondary N) is 2. The maximum absolute atomic E-state index is 4.42. The van der Waals surface area contributed by atoms with E-state index in [2.05, 4.69) is 63.7 Å². The van der Waals surface area contributed by atoms with Gasteiger partial charge in [0.25, 0.3) is 0 Å². The summed E-state index contributed by atoms with van der Waals surface area (Å²) in [6.07, 6.45) is 6.50. The van der Waals surface area contributed by atoms with E-state index in [1.54, 1.807) is 0 Å². The highest BCUT2D eigenvalue weighted by Crippen LogP contribution is 2.24. The maximum atomic E-state index is 4.42. The lowest BCUT2D eigenvalue weighted by Crippen LogP contribution is -2.40. The Hall–Kier alpha value is -1.75. The highest BCUT2D eigenvalue weighted by Gasteiger charge is 2.17. The van der Waals surface area contributed by atoms with Crippen molar-refractivity contribution in [2.24, 2.45) is 10.9 Å². The lowest BCUT2D eigenvalue weighted by molar-refractivity contribution is 0.213. The van der Waals surface area contributed by atoms with E-state index < -0.39 is 0 Å². The zero-order valence-electron chi connectivity index (χ0n) is 17.4. The van der Waals surface area contributed by atoms with Crippen LogP contribution in [0.25, 0.3) is 0 Å². The van der Waals surface area contributed by atoms with Crippen LogP contribution in [0.3, 0.4) is 0 Å². The number of benzene rings is 1. The van der Waals surface area contributed by atoms with Crippen LogP contribution in [0, 0.1) is 5.92 Å². The number of guanidine groups is 1. The Bertz CT molecular complexity index is 600. The number of hydrogen-bond donors (Lipinski definition) is 2. The third kappa shape index (κ3) is 5.86. The molecule has 5 heteroatoms. The first kappa shape index (κ1) is 20.0. The van der Waals surface area contributed by atoms with Gasteiger partial charge in [-0.25, -0.2) is 0 Å². The molecule has 0 spiro atoms. The highest BCUT2D eigenvalue weighted by atomic mass is 15.2. The van der Waals surface area contributed by atoms with Crippen molar-refractivity contribution in [2.45, 2.75) is 45.1 Å². The second-order valence-electron chi connectivity index (χ2n) is 8.19. The van der Waals surface area contributed by atoms with Crippen molar-refractivity contribution in [3.8, 4) is 0 Å². The summed E-state index contributed by atoms with van der Waals surface area (Å²) in [7, 11) is 4.08. The summed E-state index contributed by atoms with van der Waals surface area (Å²) in [4.78, 5) is 9.35. The summed E-state index contributed by atoms with van der Waals surface area (Å²) in [6.45, 7) is 8.06. The van der Waals surface area contributed by atoms with Crippen LogP contribution < -0.4 is 15.5 Å². The van der Waals surface area contributed by atoms with E-state index in [1.165, 1.54) is 69.5 Å². The molecule has 0 bridgehead atoms. The summed E-state index contributed by atoms with van der Waals surface area (Å²) < 4.78 is 0. The predicted octanol–water partition coefficient (Wildman–Crippen LogP) is 3.24. The van der Waals surface area contributed by atoms with E-state index in [9.17, 15) is 0 Å². The lowest BCUT2D eigenvalue weighted by Gasteiger charge is -2.29. The molecule has 5 nitrogen and oxygen atoms in total. The summed E-state index contributed by atoms with van der Waals surface area (Å²) in [6, 6.07) is 9.19. The van der Waals surface area contributed by atoms with Crippen molar-refractivity contribution in [2.75, 3.05) is 51.7 Å². The molecule has 150 valence electrons. The van der Waals surface area contributed by atoms with Gasteiger partial charge in [0.05, 0.1) is 6.04 Å². The Kier molecular flexibility index (Phi) is 7.39. The average Bonchev–Trinajstić information content (AvgIpc) is 3.23. The number of aliphatic imine (C=N–C) groups is 1. The Balaban J connectivity index is 1.47. The monoisotopic (exact) mass is 371 g/mol. The predicted molar refractivity (Wildman–Crippen MR) is 116 cm³/mol. The van der Waals surface area contributed by atoms with E-state index in [0.29, 0.717) is 0 Å². The molecule has 2 fully saturated rings. The van der Waals surface area contributed by atoms with Crippen LogP contribution in [0.2, 0.25) is 0 Å². The number of likely N-dealkylation sites (tertiary alicyclic amines) is 1. The average molecular weight is 372 g/mol. The van der Waals surface area contributed by atoms with Crippen molar-refractivity contribution in [3.05, 3.63) is 29.8 Å². The van der Waals surface area contributed by atoms with Crippen molar-refractivity contribution < 1.29 is 0 Å². The molecule has 2 heterocycles. The zero-order valence-corrected chi connectivity index (χ0v) is 17.4. The van der Waals surface area contributed by atoms with Crippen LogP contribution in [0.5, 0.6) is 0 Å². The quantitative estimate of drug-likeness (QED) is 0.595. The van der Waals surface area contributed by atoms with Gasteiger partial charge < -0.3 is 20.4 Å². The topological polar surface area (TPSA) is 42.9 Å². The third-order valence-corrected chi connectivity index (χ3v) is 6.10. The second kappa shape index (κ2) is 9.98. The Morgan fingerprint density at radius 1 is 1.19 bits per heavy atom. The molecule has 0 amide bonds. The maximum Gasteiger partial charge on any atom is 0.191 e. The number of nitrogens with zero attached hydrogens (tertiary/aromatic N) is 3. The molecule has 2 aliphatic heterocycles. The van der Waals surface area contributed by atoms with Gasteiger partial charge >= 0.3 is 0 Å². The summed E-state index contributed by atoms with van der Waals surface area (Å²) in [5, 5.41) is 7.07. The van der Waals surface area contributed by atoms with Gasteiger partial charge in [0.2, 0.25) is 0 Å². The van der Waals surface area contributed by atoms with Crippen LogP contribution in [0.1, 0.15) is 50.6 Å². The molecule has 2 saturated heterocycles. The van der Waals surface area contributed by atoms with Crippen LogP contribution in [0.4, 0.5) is 5.69 Å². The number of rotatable bonds is 6. The van der Waals surface area contributed by atoms with Crippen LogP contribution in [0.15, 0.2) is 29.3 Å². The van der Waals surface area contributed by atoms with Gasteiger partial charge in [-0.3, -0.25) is 4.99 Å². The molecule has 1 aromatic rings. The molecule has 1 unspecified atom stereocenters. The SMILES string of the molecule is CN=C(NCCC1CCN(C)CC1)NC(C)c1cccc(N2CCCC2)c1. The van der Waals surface area contributed by atoms with E-state index in [4.69, 9.17) is 0 Å². The summed E-state index contributed by atoms with van der Waals surface area (Å²) in [5.41, 5.74) is 2.67. The molecule has 2 N–H and O–H groups in total. The fourth-order valence-corrected chi connectivity index (χ4v) is 4.19. The normalized spacial score (nSPS) is 20.7. The van der Waals surface area contributed by atoms with Crippen LogP contribution in [-0.2, 0) is 0 Å². The molecule has 0 saturated carbocycles. The molecular weight excluding hydrogens is 334 g/mol. The molecule has 3 rings (SSSR count). The van der Waals surface area contributed by atoms with Gasteiger partial charge in [0.15, 0.2) is 5.96 Å². The van der Waals surface area contributed by atoms with Gasteiger partial charge in [-0.15, -0.1) is 0 Å². The highest BCUT2D eigenvalue weighted by molar-refractivity contribution is 5.80. The Labute approximate surface area is 165 Å². The van der Waals surface area contributed by atoms with Gasteiger partial charge in [-0.1, -0.05) is 12.1 Å². The van der Waals surface area contributed by atoms with Gasteiger partial charge in [-0.05, 0) is 82.8 Å². The lowest BCUT2D eigenvalue weighted by atomic mass is 9.94. The smallest absolute Gasteiger partial charge is 0.191 e. The van der Waals surface area contributed by atoms with E-state index >= 15 is 0 Å². The first-order valence-electron chi connectivity index (χ1n) is 10.7. The van der Waals surface area contributed by atoms with Crippen LogP contribution in [-0.4, -0.2) is 57.7 Å². The first-order valence-corrected chi connectivity index (χ1v) is 10.7. The number of anilines is 1. The van der Waals surface area contributed by atoms with Crippen LogP contribution >= 0.6 is 0 Å². The first-order chi connectivity index (χ1) is 13.2. The molecule has 2 aliphatic rings. The van der Waals surface area contributed by atoms with Crippen molar-refractivity contribution in [1.82, 2.24) is 15.5 Å². The molecule has 0 radical (unpaired) electrons. The van der Waals surface area contributed by atoms with Crippen molar-refractivity contribution in [3.63, 3.8) is 0 Å². The number of piperidine rings is 1. The molecular formula is C22H37N5. The fraction of sp³-hybridized carbons (Fsp3) is 0.682. The minimum absolute atomic E-state index is 0.238. The summed E-state index contributed by atoms with van der Waals surface area (Å²) >= 11 is 0. The second-order valence-corrected chi connectivity index (χ2v) is 8.19. The van der Waals surface area contributed by atoms with E-state index in [1.807, 2.05) is 7.05 Å². The van der Waals surface area contributed by atoms with Gasteiger partial charge in [0.1, 0.15) is 0 Å². The third-order valence-electron chi connectivity index (χ3n) is 6.10. The largest absolute Gasteiger partial charge is 0.372 e. The molecule has 0 aromatic heterocycles. The van der Waals surface area contributed by atoms with Crippen molar-refractivity contribution >= 4 is 11.6 Å². The Morgan fingerprint density at radius 3 is 2.63 bits per heavy atom. The molecule has 27 heavy (non-hydrogen) atoms. The standard InChI is InChI=1S/C22H37N5/c1-18(20-7-6-8-21(17-20)27-13-4-5-14-27)25-22(23-2)24-12-9-19-10-15-26(3)16-11-19/h6-8,17-19H,4-5,9-16H2,1-3H3,(H2,23,24,25). The number of hydrogen-bond acceptors (Lipinski definition) is 3. The minimum atomic E-state index is 0.238.